The number of nitrogens with two attached hydrogens (primary N) is 1. The number of carbonyl (C=O) groups excluding carboxylic acids is 1. The highest BCUT2D eigenvalue weighted by molar-refractivity contribution is 6.31. The van der Waals surface area contributed by atoms with Crippen LogP contribution >= 0.6 is 11.6 Å². The highest BCUT2D eigenvalue weighted by Crippen LogP contribution is 2.27. The lowest BCUT2D eigenvalue weighted by molar-refractivity contribution is -0.117. The lowest BCUT2D eigenvalue weighted by Crippen LogP contribution is -2.37. The van der Waals surface area contributed by atoms with Crippen LogP contribution in [0.5, 0.6) is 5.75 Å². The third-order valence-corrected chi connectivity index (χ3v) is 3.29. The summed E-state index contributed by atoms with van der Waals surface area (Å²) in [6.45, 7) is 0. The number of halogens is 1. The summed E-state index contributed by atoms with van der Waals surface area (Å²) < 4.78 is 5.19. The van der Waals surface area contributed by atoms with E-state index in [1.54, 1.807) is 18.2 Å². The lowest BCUT2D eigenvalue weighted by Gasteiger charge is -2.14. The zero-order chi connectivity index (χ0) is 15.2. The first-order chi connectivity index (χ1) is 10.1. The summed E-state index contributed by atoms with van der Waals surface area (Å²) in [6.07, 6.45) is 0.468. The van der Waals surface area contributed by atoms with Gasteiger partial charge in [-0.1, -0.05) is 41.9 Å². The van der Waals surface area contributed by atoms with Gasteiger partial charge in [0.25, 0.3) is 0 Å². The summed E-state index contributed by atoms with van der Waals surface area (Å²) in [5.74, 6) is 0.263. The molecule has 0 heterocycles. The fraction of sp³-hybridized carbons (Fsp3) is 0.188. The van der Waals surface area contributed by atoms with Crippen LogP contribution in [-0.2, 0) is 11.2 Å². The standard InChI is InChI=1S/C16H17ClN2O2/c1-21-15-8-7-12(17)10-14(15)19-16(20)13(18)9-11-5-3-2-4-6-11/h2-8,10,13H,9,18H2,1H3,(H,19,20)/t13-/m0/s1. The molecule has 1 atom stereocenters. The Balaban J connectivity index is 2.05. The monoisotopic (exact) mass is 304 g/mol. The normalized spacial score (nSPS) is 11.8. The summed E-state index contributed by atoms with van der Waals surface area (Å²) in [5.41, 5.74) is 7.47. The van der Waals surface area contributed by atoms with E-state index in [1.807, 2.05) is 30.3 Å². The molecule has 0 saturated carbocycles. The van der Waals surface area contributed by atoms with E-state index < -0.39 is 6.04 Å². The van der Waals surface area contributed by atoms with Crippen molar-refractivity contribution in [1.29, 1.82) is 0 Å². The van der Waals surface area contributed by atoms with Gasteiger partial charge in [-0.25, -0.2) is 0 Å². The van der Waals surface area contributed by atoms with Crippen LogP contribution in [0, 0.1) is 0 Å². The molecule has 2 rings (SSSR count). The number of nitrogens with one attached hydrogen (secondary N) is 1. The van der Waals surface area contributed by atoms with E-state index in [4.69, 9.17) is 22.1 Å². The molecule has 1 amide bonds. The minimum Gasteiger partial charge on any atom is -0.495 e. The number of methoxy groups -OCH3 is 1. The van der Waals surface area contributed by atoms with Gasteiger partial charge in [-0.2, -0.15) is 0 Å². The van der Waals surface area contributed by atoms with Gasteiger partial charge in [0.05, 0.1) is 18.8 Å². The number of amides is 1. The van der Waals surface area contributed by atoms with E-state index in [-0.39, 0.29) is 5.91 Å². The second-order valence-corrected chi connectivity index (χ2v) is 5.07. The lowest BCUT2D eigenvalue weighted by atomic mass is 10.1. The van der Waals surface area contributed by atoms with Crippen LogP contribution in [0.2, 0.25) is 5.02 Å². The van der Waals surface area contributed by atoms with Gasteiger partial charge >= 0.3 is 0 Å². The fourth-order valence-electron chi connectivity index (χ4n) is 1.96. The second kappa shape index (κ2) is 7.11. The van der Waals surface area contributed by atoms with Crippen molar-refractivity contribution in [2.75, 3.05) is 12.4 Å². The van der Waals surface area contributed by atoms with Gasteiger partial charge in [0.15, 0.2) is 0 Å². The van der Waals surface area contributed by atoms with Crippen LogP contribution in [0.15, 0.2) is 48.5 Å². The van der Waals surface area contributed by atoms with Crippen molar-refractivity contribution in [3.05, 3.63) is 59.1 Å². The van der Waals surface area contributed by atoms with E-state index in [0.717, 1.165) is 5.56 Å². The van der Waals surface area contributed by atoms with Crippen molar-refractivity contribution in [1.82, 2.24) is 0 Å². The van der Waals surface area contributed by atoms with Crippen LogP contribution in [-0.4, -0.2) is 19.1 Å². The largest absolute Gasteiger partial charge is 0.495 e. The van der Waals surface area contributed by atoms with Gasteiger partial charge in [-0.15, -0.1) is 0 Å². The van der Waals surface area contributed by atoms with Crippen LogP contribution in [0.1, 0.15) is 5.56 Å². The molecular formula is C16H17ClN2O2. The molecule has 0 aromatic heterocycles. The van der Waals surface area contributed by atoms with Crippen molar-refractivity contribution in [3.8, 4) is 5.75 Å². The quantitative estimate of drug-likeness (QED) is 0.892. The number of rotatable bonds is 5. The molecule has 0 spiro atoms. The predicted molar refractivity (Wildman–Crippen MR) is 84.8 cm³/mol. The molecule has 0 saturated heterocycles. The van der Waals surface area contributed by atoms with Crippen molar-refractivity contribution in [2.24, 2.45) is 5.73 Å². The van der Waals surface area contributed by atoms with Crippen molar-refractivity contribution < 1.29 is 9.53 Å². The maximum absolute atomic E-state index is 12.2. The van der Waals surface area contributed by atoms with Crippen molar-refractivity contribution in [3.63, 3.8) is 0 Å². The SMILES string of the molecule is COc1ccc(Cl)cc1NC(=O)[C@@H](N)Cc1ccccc1. The van der Waals surface area contributed by atoms with Gasteiger partial charge in [0.2, 0.25) is 5.91 Å². The predicted octanol–water partition coefficient (Wildman–Crippen LogP) is 2.86. The number of ether oxygens (including phenoxy) is 1. The summed E-state index contributed by atoms with van der Waals surface area (Å²) in [5, 5.41) is 3.27. The molecule has 0 aliphatic carbocycles. The molecule has 3 N–H and O–H groups in total. The van der Waals surface area contributed by atoms with Crippen molar-refractivity contribution >= 4 is 23.2 Å². The van der Waals surface area contributed by atoms with Gasteiger partial charge in [-0.3, -0.25) is 4.79 Å². The third kappa shape index (κ3) is 4.21. The van der Waals surface area contributed by atoms with Gasteiger partial charge in [0.1, 0.15) is 5.75 Å². The van der Waals surface area contributed by atoms with E-state index >= 15 is 0 Å². The summed E-state index contributed by atoms with van der Waals surface area (Å²) in [7, 11) is 1.53. The number of anilines is 1. The Labute approximate surface area is 128 Å². The first-order valence-corrected chi connectivity index (χ1v) is 6.92. The number of hydrogen-bond acceptors (Lipinski definition) is 3. The molecule has 0 radical (unpaired) electrons. The van der Waals surface area contributed by atoms with E-state index in [1.165, 1.54) is 7.11 Å². The second-order valence-electron chi connectivity index (χ2n) is 4.63. The molecule has 0 aliphatic heterocycles. The third-order valence-electron chi connectivity index (χ3n) is 3.05. The van der Waals surface area contributed by atoms with Crippen molar-refractivity contribution in [2.45, 2.75) is 12.5 Å². The molecule has 2 aromatic rings. The van der Waals surface area contributed by atoms with Crippen LogP contribution < -0.4 is 15.8 Å². The molecule has 4 nitrogen and oxygen atoms in total. The molecule has 0 fully saturated rings. The first kappa shape index (κ1) is 15.4. The molecule has 2 aromatic carbocycles. The average Bonchev–Trinajstić information content (AvgIpc) is 2.48. The molecule has 110 valence electrons. The van der Waals surface area contributed by atoms with E-state index in [0.29, 0.717) is 22.9 Å². The Hall–Kier alpha value is -2.04. The number of benzene rings is 2. The Morgan fingerprint density at radius 1 is 1.29 bits per heavy atom. The maximum atomic E-state index is 12.2. The summed E-state index contributed by atoms with van der Waals surface area (Å²) in [6, 6.07) is 14.0. The Morgan fingerprint density at radius 2 is 2.00 bits per heavy atom. The van der Waals surface area contributed by atoms with Crippen LogP contribution in [0.4, 0.5) is 5.69 Å². The molecule has 0 aliphatic rings. The average molecular weight is 305 g/mol. The highest BCUT2D eigenvalue weighted by Gasteiger charge is 2.16. The molecule has 21 heavy (non-hydrogen) atoms. The maximum Gasteiger partial charge on any atom is 0.241 e. The van der Waals surface area contributed by atoms with Gasteiger partial charge in [0, 0.05) is 5.02 Å². The molecule has 0 unspecified atom stereocenters. The minimum atomic E-state index is -0.643. The van der Waals surface area contributed by atoms with Gasteiger partial charge in [-0.05, 0) is 30.2 Å². The number of hydrogen-bond donors (Lipinski definition) is 2. The number of carbonyl (C=O) groups is 1. The molecular weight excluding hydrogens is 288 g/mol. The fourth-order valence-corrected chi connectivity index (χ4v) is 2.14. The van der Waals surface area contributed by atoms with Crippen LogP contribution in [0.3, 0.4) is 0 Å². The topological polar surface area (TPSA) is 64.3 Å². The smallest absolute Gasteiger partial charge is 0.241 e. The summed E-state index contributed by atoms with van der Waals surface area (Å²) >= 11 is 5.93. The molecule has 5 heteroatoms. The Morgan fingerprint density at radius 3 is 2.67 bits per heavy atom. The zero-order valence-electron chi connectivity index (χ0n) is 11.7. The van der Waals surface area contributed by atoms with E-state index in [2.05, 4.69) is 5.32 Å². The first-order valence-electron chi connectivity index (χ1n) is 6.54. The molecule has 0 bridgehead atoms. The highest BCUT2D eigenvalue weighted by atomic mass is 35.5. The Kier molecular flexibility index (Phi) is 5.20. The van der Waals surface area contributed by atoms with Gasteiger partial charge < -0.3 is 15.8 Å². The van der Waals surface area contributed by atoms with Crippen LogP contribution in [0.25, 0.3) is 0 Å². The Bertz CT molecular complexity index is 617. The minimum absolute atomic E-state index is 0.278. The zero-order valence-corrected chi connectivity index (χ0v) is 12.4. The van der Waals surface area contributed by atoms with E-state index in [9.17, 15) is 4.79 Å². The summed E-state index contributed by atoms with van der Waals surface area (Å²) in [4.78, 5) is 12.2.